The fourth-order valence-electron chi connectivity index (χ4n) is 3.37. The molecule has 1 fully saturated rings. The molecule has 0 unspecified atom stereocenters. The molecule has 0 bridgehead atoms. The van der Waals surface area contributed by atoms with Crippen molar-refractivity contribution in [2.45, 2.75) is 32.2 Å². The van der Waals surface area contributed by atoms with Gasteiger partial charge in [-0.2, -0.15) is 0 Å². The zero-order chi connectivity index (χ0) is 19.0. The van der Waals surface area contributed by atoms with Gasteiger partial charge in [0.25, 0.3) is 5.91 Å². The molecule has 1 saturated carbocycles. The monoisotopic (exact) mass is 362 g/mol. The van der Waals surface area contributed by atoms with Gasteiger partial charge in [0.15, 0.2) is 5.69 Å². The minimum Gasteiger partial charge on any atom is -0.496 e. The maximum atomic E-state index is 12.5. The van der Waals surface area contributed by atoms with Crippen LogP contribution < -0.4 is 15.8 Å². The molecular weight excluding hydrogens is 340 g/mol. The van der Waals surface area contributed by atoms with Crippen LogP contribution in [0, 0.1) is 6.92 Å². The van der Waals surface area contributed by atoms with Crippen molar-refractivity contribution in [2.24, 2.45) is 0 Å². The predicted molar refractivity (Wildman–Crippen MR) is 106 cm³/mol. The molecule has 0 radical (unpaired) electrons. The summed E-state index contributed by atoms with van der Waals surface area (Å²) in [4.78, 5) is 12.5. The number of fused-ring (bicyclic) bond motifs is 1. The van der Waals surface area contributed by atoms with Crippen LogP contribution in [0.4, 0.5) is 5.69 Å². The van der Waals surface area contributed by atoms with E-state index in [-0.39, 0.29) is 17.6 Å². The maximum Gasteiger partial charge on any atom is 0.274 e. The van der Waals surface area contributed by atoms with Crippen molar-refractivity contribution < 1.29 is 9.53 Å². The topological polar surface area (TPSA) is 90.1 Å². The van der Waals surface area contributed by atoms with Crippen molar-refractivity contribution in [3.05, 3.63) is 47.7 Å². The summed E-state index contributed by atoms with van der Waals surface area (Å²) in [6.45, 7) is 2.02. The van der Waals surface area contributed by atoms with Gasteiger partial charge in [0, 0.05) is 22.6 Å². The van der Waals surface area contributed by atoms with Gasteiger partial charge in [0.1, 0.15) is 11.3 Å². The molecule has 1 aromatic heterocycles. The molecule has 0 aliphatic heterocycles. The molecule has 0 spiro atoms. The van der Waals surface area contributed by atoms with Crippen LogP contribution in [0.2, 0.25) is 0 Å². The molecule has 2 aromatic carbocycles. The highest BCUT2D eigenvalue weighted by Crippen LogP contribution is 2.36. The highest BCUT2D eigenvalue weighted by atomic mass is 16.5. The predicted octanol–water partition coefficient (Wildman–Crippen LogP) is 3.48. The zero-order valence-electron chi connectivity index (χ0n) is 15.5. The number of aryl methyl sites for hydroxylation is 1. The molecule has 1 heterocycles. The third kappa shape index (κ3) is 3.07. The Labute approximate surface area is 157 Å². The van der Waals surface area contributed by atoms with E-state index >= 15 is 0 Å². The van der Waals surface area contributed by atoms with Crippen LogP contribution in [0.25, 0.3) is 22.0 Å². The van der Waals surface area contributed by atoms with Gasteiger partial charge < -0.3 is 15.8 Å². The highest BCUT2D eigenvalue weighted by Gasteiger charge is 2.23. The number of nitrogen functional groups attached to an aromatic ring is 1. The number of carbonyl (C=O) groups is 1. The van der Waals surface area contributed by atoms with Gasteiger partial charge in [-0.3, -0.25) is 4.79 Å². The molecular formula is C21H22N4O2. The lowest BCUT2D eigenvalue weighted by Gasteiger charge is -2.26. The quantitative estimate of drug-likeness (QED) is 0.741. The van der Waals surface area contributed by atoms with E-state index in [0.717, 1.165) is 41.7 Å². The summed E-state index contributed by atoms with van der Waals surface area (Å²) in [6, 6.07) is 11.9. The van der Waals surface area contributed by atoms with Crippen LogP contribution in [0.3, 0.4) is 0 Å². The van der Waals surface area contributed by atoms with Crippen molar-refractivity contribution in [2.75, 3.05) is 12.8 Å². The number of nitrogens with two attached hydrogens (primary N) is 1. The van der Waals surface area contributed by atoms with Crippen molar-refractivity contribution >= 4 is 22.5 Å². The molecule has 1 aliphatic carbocycles. The van der Waals surface area contributed by atoms with E-state index in [9.17, 15) is 4.79 Å². The third-order valence-corrected chi connectivity index (χ3v) is 5.13. The molecule has 3 N–H and O–H groups in total. The summed E-state index contributed by atoms with van der Waals surface area (Å²) in [6.07, 6.45) is 3.15. The number of amides is 1. The number of aromatic nitrogens is 2. The van der Waals surface area contributed by atoms with Gasteiger partial charge >= 0.3 is 0 Å². The van der Waals surface area contributed by atoms with E-state index in [2.05, 4.69) is 15.5 Å². The summed E-state index contributed by atoms with van der Waals surface area (Å²) in [5.41, 5.74) is 10.4. The number of hydrogen-bond donors (Lipinski definition) is 2. The summed E-state index contributed by atoms with van der Waals surface area (Å²) >= 11 is 0. The molecule has 6 nitrogen and oxygen atoms in total. The fourth-order valence-corrected chi connectivity index (χ4v) is 3.37. The summed E-state index contributed by atoms with van der Waals surface area (Å²) in [7, 11) is 1.64. The second-order valence-corrected chi connectivity index (χ2v) is 6.97. The lowest BCUT2D eigenvalue weighted by atomic mass is 9.93. The first-order chi connectivity index (χ1) is 13.1. The number of nitrogens with zero attached hydrogens (tertiary/aromatic N) is 2. The average Bonchev–Trinajstić information content (AvgIpc) is 2.64. The van der Waals surface area contributed by atoms with E-state index in [1.165, 1.54) is 0 Å². The molecule has 0 saturated heterocycles. The van der Waals surface area contributed by atoms with Crippen LogP contribution in [0.15, 0.2) is 36.4 Å². The van der Waals surface area contributed by atoms with Gasteiger partial charge in [0.05, 0.1) is 12.8 Å². The number of nitrogens with one attached hydrogen (secondary N) is 1. The van der Waals surface area contributed by atoms with Crippen molar-refractivity contribution in [3.63, 3.8) is 0 Å². The van der Waals surface area contributed by atoms with Crippen molar-refractivity contribution in [1.82, 2.24) is 15.5 Å². The Balaban J connectivity index is 1.82. The Hall–Kier alpha value is -3.15. The second kappa shape index (κ2) is 6.87. The van der Waals surface area contributed by atoms with Crippen molar-refractivity contribution in [3.8, 4) is 16.9 Å². The first-order valence-corrected chi connectivity index (χ1v) is 9.09. The Morgan fingerprint density at radius 3 is 2.70 bits per heavy atom. The second-order valence-electron chi connectivity index (χ2n) is 6.97. The number of carbonyl (C=O) groups excluding carboxylic acids is 1. The fraction of sp³-hybridized carbons (Fsp3) is 0.286. The van der Waals surface area contributed by atoms with Gasteiger partial charge in [-0.05, 0) is 38.3 Å². The highest BCUT2D eigenvalue weighted by molar-refractivity contribution is 6.07. The lowest BCUT2D eigenvalue weighted by molar-refractivity contribution is 0.0912. The average molecular weight is 362 g/mol. The molecule has 138 valence electrons. The van der Waals surface area contributed by atoms with E-state index in [0.29, 0.717) is 16.6 Å². The molecule has 3 aromatic rings. The van der Waals surface area contributed by atoms with E-state index in [1.54, 1.807) is 7.11 Å². The van der Waals surface area contributed by atoms with Crippen molar-refractivity contribution in [1.29, 1.82) is 0 Å². The lowest BCUT2D eigenvalue weighted by Crippen LogP contribution is -2.40. The number of ether oxygens (including phenoxy) is 1. The van der Waals surface area contributed by atoms with Crippen LogP contribution in [0.5, 0.6) is 5.75 Å². The van der Waals surface area contributed by atoms with Gasteiger partial charge in [-0.25, -0.2) is 0 Å². The Bertz CT molecular complexity index is 1030. The number of anilines is 1. The molecule has 4 rings (SSSR count). The first kappa shape index (κ1) is 17.3. The molecule has 6 heteroatoms. The normalized spacial score (nSPS) is 14.0. The summed E-state index contributed by atoms with van der Waals surface area (Å²) in [5.74, 6) is 0.491. The van der Waals surface area contributed by atoms with Crippen LogP contribution >= 0.6 is 0 Å². The molecule has 1 amide bonds. The van der Waals surface area contributed by atoms with Crippen LogP contribution in [0.1, 0.15) is 35.3 Å². The Kier molecular flexibility index (Phi) is 4.39. The molecule has 27 heavy (non-hydrogen) atoms. The number of benzene rings is 2. The van der Waals surface area contributed by atoms with E-state index in [4.69, 9.17) is 10.5 Å². The van der Waals surface area contributed by atoms with Crippen LogP contribution in [-0.4, -0.2) is 29.3 Å². The number of rotatable bonds is 4. The minimum absolute atomic E-state index is 0.183. The number of hydrogen-bond acceptors (Lipinski definition) is 5. The Morgan fingerprint density at radius 1 is 1.19 bits per heavy atom. The first-order valence-electron chi connectivity index (χ1n) is 9.09. The van der Waals surface area contributed by atoms with E-state index in [1.807, 2.05) is 43.3 Å². The number of methoxy groups -OCH3 is 1. The molecule has 1 aliphatic rings. The maximum absolute atomic E-state index is 12.5. The van der Waals surface area contributed by atoms with Gasteiger partial charge in [-0.15, -0.1) is 10.2 Å². The zero-order valence-corrected chi connectivity index (χ0v) is 15.5. The standard InChI is InChI=1S/C21H22N4O2/c1-12-9-10-17(27-2)16(11-12)14-7-4-8-15-18(22)20(25-24-19(14)15)21(26)23-13-5-3-6-13/h4,7-11,13H,3,5-6H2,1-2H3,(H2,22,24)(H,23,26). The largest absolute Gasteiger partial charge is 0.496 e. The smallest absolute Gasteiger partial charge is 0.274 e. The van der Waals surface area contributed by atoms with Crippen LogP contribution in [-0.2, 0) is 0 Å². The summed E-state index contributed by atoms with van der Waals surface area (Å²) in [5, 5.41) is 12.2. The van der Waals surface area contributed by atoms with Gasteiger partial charge in [-0.1, -0.05) is 29.8 Å². The van der Waals surface area contributed by atoms with Gasteiger partial charge in [0.2, 0.25) is 0 Å². The summed E-state index contributed by atoms with van der Waals surface area (Å²) < 4.78 is 5.51. The molecule has 0 atom stereocenters. The Morgan fingerprint density at radius 2 is 2.00 bits per heavy atom. The minimum atomic E-state index is -0.259. The third-order valence-electron chi connectivity index (χ3n) is 5.13. The van der Waals surface area contributed by atoms with E-state index < -0.39 is 0 Å². The SMILES string of the molecule is COc1ccc(C)cc1-c1cccc2c(N)c(C(=O)NC3CCC3)nnc12.